The molecule has 8 nitrogen and oxygen atoms in total. The number of halogens is 1. The highest BCUT2D eigenvalue weighted by atomic mass is 32.2. The number of hydrogen-bond donors (Lipinski definition) is 0. The first-order valence-corrected chi connectivity index (χ1v) is 10.8. The summed E-state index contributed by atoms with van der Waals surface area (Å²) in [5, 5.41) is 0. The van der Waals surface area contributed by atoms with E-state index < -0.39 is 47.5 Å². The van der Waals surface area contributed by atoms with E-state index in [-0.39, 0.29) is 11.5 Å². The van der Waals surface area contributed by atoms with E-state index in [4.69, 9.17) is 18.9 Å². The Hall–Kier alpha value is -3.14. The van der Waals surface area contributed by atoms with E-state index in [9.17, 15) is 18.8 Å². The van der Waals surface area contributed by atoms with Crippen molar-refractivity contribution in [1.82, 2.24) is 4.98 Å². The molecular weight excluding hydrogens is 441 g/mol. The van der Waals surface area contributed by atoms with Crippen molar-refractivity contribution in [2.45, 2.75) is 44.5 Å². The molecule has 1 aromatic heterocycles. The fourth-order valence-corrected chi connectivity index (χ4v) is 4.50. The van der Waals surface area contributed by atoms with Crippen LogP contribution in [0.5, 0.6) is 5.75 Å². The first kappa shape index (κ1) is 23.5. The molecule has 2 heterocycles. The Morgan fingerprint density at radius 2 is 1.69 bits per heavy atom. The zero-order valence-corrected chi connectivity index (χ0v) is 18.5. The number of ether oxygens (including phenoxy) is 4. The molecule has 2 aromatic rings. The van der Waals surface area contributed by atoms with Crippen molar-refractivity contribution in [2.75, 3.05) is 5.75 Å². The Balaban J connectivity index is 1.96. The summed E-state index contributed by atoms with van der Waals surface area (Å²) in [7, 11) is 0. The molecule has 0 unspecified atom stereocenters. The first-order valence-electron chi connectivity index (χ1n) is 9.74. The maximum absolute atomic E-state index is 14.1. The molecular formula is C22H22FNO7S. The van der Waals surface area contributed by atoms with E-state index in [2.05, 4.69) is 4.98 Å². The van der Waals surface area contributed by atoms with Crippen LogP contribution in [0.1, 0.15) is 20.8 Å². The van der Waals surface area contributed by atoms with Crippen LogP contribution in [0.3, 0.4) is 0 Å². The smallest absolute Gasteiger partial charge is 0.303 e. The molecule has 3 rings (SSSR count). The molecule has 4 atom stereocenters. The van der Waals surface area contributed by atoms with Gasteiger partial charge < -0.3 is 18.9 Å². The molecule has 10 heteroatoms. The number of benzene rings is 1. The van der Waals surface area contributed by atoms with Crippen molar-refractivity contribution in [3.05, 3.63) is 48.5 Å². The average Bonchev–Trinajstić information content (AvgIpc) is 2.72. The lowest BCUT2D eigenvalue weighted by Crippen LogP contribution is -2.55. The summed E-state index contributed by atoms with van der Waals surface area (Å²) in [6.07, 6.45) is 0.165. The van der Waals surface area contributed by atoms with Crippen LogP contribution < -0.4 is 4.74 Å². The van der Waals surface area contributed by atoms with Crippen molar-refractivity contribution < 1.29 is 37.7 Å². The fourth-order valence-electron chi connectivity index (χ4n) is 3.29. The van der Waals surface area contributed by atoms with Gasteiger partial charge in [0.1, 0.15) is 11.6 Å². The molecule has 0 aliphatic carbocycles. The summed E-state index contributed by atoms with van der Waals surface area (Å²) < 4.78 is 36.2. The molecule has 170 valence electrons. The number of carbonyl (C=O) groups excluding carboxylic acids is 3. The zero-order valence-electron chi connectivity index (χ0n) is 17.6. The Labute approximate surface area is 188 Å². The van der Waals surface area contributed by atoms with Gasteiger partial charge in [-0.3, -0.25) is 19.4 Å². The summed E-state index contributed by atoms with van der Waals surface area (Å²) in [6, 6.07) is 7.60. The second-order valence-corrected chi connectivity index (χ2v) is 8.13. The van der Waals surface area contributed by atoms with Crippen LogP contribution in [0.4, 0.5) is 4.39 Å². The van der Waals surface area contributed by atoms with E-state index >= 15 is 0 Å². The Morgan fingerprint density at radius 1 is 1.00 bits per heavy atom. The number of rotatable bonds is 6. The van der Waals surface area contributed by atoms with Crippen molar-refractivity contribution in [2.24, 2.45) is 0 Å². The van der Waals surface area contributed by atoms with Crippen LogP contribution >= 0.6 is 11.8 Å². The first-order chi connectivity index (χ1) is 15.2. The van der Waals surface area contributed by atoms with Crippen molar-refractivity contribution in [1.29, 1.82) is 0 Å². The van der Waals surface area contributed by atoms with E-state index in [1.807, 2.05) is 0 Å². The quantitative estimate of drug-likeness (QED) is 0.472. The van der Waals surface area contributed by atoms with Crippen LogP contribution in [0.25, 0.3) is 11.1 Å². The number of esters is 3. The van der Waals surface area contributed by atoms with Gasteiger partial charge in [-0.1, -0.05) is 6.07 Å². The highest BCUT2D eigenvalue weighted by molar-refractivity contribution is 7.99. The summed E-state index contributed by atoms with van der Waals surface area (Å²) in [4.78, 5) is 39.1. The molecule has 1 aliphatic rings. The van der Waals surface area contributed by atoms with Crippen molar-refractivity contribution >= 4 is 29.7 Å². The lowest BCUT2D eigenvalue weighted by atomic mass is 10.1. The maximum atomic E-state index is 14.1. The lowest BCUT2D eigenvalue weighted by Gasteiger charge is -2.40. The molecule has 1 aromatic carbocycles. The predicted octanol–water partition coefficient (Wildman–Crippen LogP) is 3.13. The van der Waals surface area contributed by atoms with E-state index in [1.165, 1.54) is 44.7 Å². The van der Waals surface area contributed by atoms with Crippen LogP contribution in [0, 0.1) is 5.82 Å². The van der Waals surface area contributed by atoms with Gasteiger partial charge in [-0.25, -0.2) is 4.39 Å². The lowest BCUT2D eigenvalue weighted by molar-refractivity contribution is -0.186. The fraction of sp³-hybridized carbons (Fsp3) is 0.364. The minimum absolute atomic E-state index is 0.195. The van der Waals surface area contributed by atoms with Gasteiger partial charge in [0.05, 0.1) is 0 Å². The minimum atomic E-state index is -1.11. The van der Waals surface area contributed by atoms with Gasteiger partial charge in [0.2, 0.25) is 0 Å². The standard InChI is InChI=1S/C22H22FNO7S/c1-12(25)28-19-11-32-22(21(30-14(3)27)20(19)29-13(2)26)31-18-9-16(23)6-7-17(18)15-5-4-8-24-10-15/h4-10,19-22H,11H2,1-3H3/t19-,20+,21-,22+/m1/s1. The predicted molar refractivity (Wildman–Crippen MR) is 113 cm³/mol. The molecule has 0 amide bonds. The van der Waals surface area contributed by atoms with Crippen LogP contribution in [0.2, 0.25) is 0 Å². The summed E-state index contributed by atoms with van der Waals surface area (Å²) in [5.74, 6) is -1.98. The maximum Gasteiger partial charge on any atom is 0.303 e. The van der Waals surface area contributed by atoms with Crippen molar-refractivity contribution in [3.63, 3.8) is 0 Å². The molecule has 0 bridgehead atoms. The van der Waals surface area contributed by atoms with Gasteiger partial charge >= 0.3 is 17.9 Å². The van der Waals surface area contributed by atoms with E-state index in [1.54, 1.807) is 30.6 Å². The van der Waals surface area contributed by atoms with Gasteiger partial charge in [0.25, 0.3) is 0 Å². The monoisotopic (exact) mass is 463 g/mol. The average molecular weight is 463 g/mol. The third kappa shape index (κ3) is 5.97. The number of thioether (sulfide) groups is 1. The number of carbonyl (C=O) groups is 3. The van der Waals surface area contributed by atoms with Crippen molar-refractivity contribution in [3.8, 4) is 16.9 Å². The number of pyridine rings is 1. The number of aromatic nitrogens is 1. The molecule has 0 saturated carbocycles. The molecule has 1 fully saturated rings. The summed E-state index contributed by atoms with van der Waals surface area (Å²) in [6.45, 7) is 3.62. The molecule has 1 aliphatic heterocycles. The SMILES string of the molecule is CC(=O)O[C@@H]1[C@@H](OC(C)=O)[C@@H](Oc2cc(F)ccc2-c2cccnc2)SC[C@H]1OC(C)=O. The third-order valence-electron chi connectivity index (χ3n) is 4.46. The zero-order chi connectivity index (χ0) is 23.3. The number of hydrogen-bond acceptors (Lipinski definition) is 9. The van der Waals surface area contributed by atoms with Gasteiger partial charge in [-0.05, 0) is 18.2 Å². The molecule has 0 radical (unpaired) electrons. The summed E-state index contributed by atoms with van der Waals surface area (Å²) >= 11 is 1.19. The minimum Gasteiger partial charge on any atom is -0.475 e. The topological polar surface area (TPSA) is 101 Å². The van der Waals surface area contributed by atoms with Gasteiger partial charge in [-0.15, -0.1) is 11.8 Å². The number of nitrogens with zero attached hydrogens (tertiary/aromatic N) is 1. The van der Waals surface area contributed by atoms with E-state index in [0.29, 0.717) is 11.1 Å². The largest absolute Gasteiger partial charge is 0.475 e. The van der Waals surface area contributed by atoms with Gasteiger partial charge in [-0.2, -0.15) is 0 Å². The normalized spacial score (nSPS) is 22.5. The Bertz CT molecular complexity index is 987. The highest BCUT2D eigenvalue weighted by Crippen LogP contribution is 2.38. The summed E-state index contributed by atoms with van der Waals surface area (Å²) in [5.41, 5.74) is 0.404. The molecule has 0 spiro atoms. The van der Waals surface area contributed by atoms with Crippen LogP contribution in [0.15, 0.2) is 42.7 Å². The Morgan fingerprint density at radius 3 is 2.31 bits per heavy atom. The second-order valence-electron chi connectivity index (χ2n) is 7.00. The van der Waals surface area contributed by atoms with Gasteiger partial charge in [0.15, 0.2) is 23.7 Å². The molecule has 0 N–H and O–H groups in total. The van der Waals surface area contributed by atoms with Crippen LogP contribution in [-0.4, -0.2) is 52.4 Å². The second kappa shape index (κ2) is 10.4. The highest BCUT2D eigenvalue weighted by Gasteiger charge is 2.47. The third-order valence-corrected chi connectivity index (χ3v) is 5.68. The van der Waals surface area contributed by atoms with Crippen LogP contribution in [-0.2, 0) is 28.6 Å². The van der Waals surface area contributed by atoms with Gasteiger partial charge in [0, 0.05) is 56.1 Å². The Kier molecular flexibility index (Phi) is 7.68. The molecule has 1 saturated heterocycles. The molecule has 32 heavy (non-hydrogen) atoms. The van der Waals surface area contributed by atoms with E-state index in [0.717, 1.165) is 0 Å².